The van der Waals surface area contributed by atoms with Crippen LogP contribution in [-0.2, 0) is 19.4 Å². The van der Waals surface area contributed by atoms with E-state index in [0.717, 1.165) is 29.1 Å². The van der Waals surface area contributed by atoms with E-state index in [0.29, 0.717) is 29.6 Å². The fraction of sp³-hybridized carbons (Fsp3) is 0.200. The van der Waals surface area contributed by atoms with Crippen LogP contribution in [0.4, 0.5) is 0 Å². The molecule has 5 aromatic rings. The number of imidazole rings is 1. The highest BCUT2D eigenvalue weighted by molar-refractivity contribution is 5.96. The van der Waals surface area contributed by atoms with Gasteiger partial charge < -0.3 is 9.67 Å². The Morgan fingerprint density at radius 2 is 1.62 bits per heavy atom. The molecule has 0 saturated heterocycles. The van der Waals surface area contributed by atoms with Crippen molar-refractivity contribution in [3.05, 3.63) is 117 Å². The third kappa shape index (κ3) is 4.93. The second-order valence-corrected chi connectivity index (χ2v) is 9.44. The number of aromatic amines is 1. The first-order chi connectivity index (χ1) is 17.9. The van der Waals surface area contributed by atoms with Crippen molar-refractivity contribution in [1.29, 1.82) is 0 Å². The molecule has 7 nitrogen and oxygen atoms in total. The molecule has 2 aromatic heterocycles. The van der Waals surface area contributed by atoms with Gasteiger partial charge in [0.05, 0.1) is 11.3 Å². The Morgan fingerprint density at radius 3 is 2.32 bits per heavy atom. The summed E-state index contributed by atoms with van der Waals surface area (Å²) in [6, 6.07) is 24.9. The van der Waals surface area contributed by atoms with Crippen molar-refractivity contribution in [2.75, 3.05) is 0 Å². The number of carboxylic acid groups (broad SMARTS) is 1. The standard InChI is InChI=1S/C30H28N4O3/c1-19(2)28-31-26-25(17-14-20-8-4-3-5-9-20)32-33-29(35)27(26)34(28)18-21-12-15-22(16-13-21)23-10-6-7-11-24(23)30(36)37/h3-13,15-16,19H,14,17-18H2,1-2H3,(H,33,35)(H,36,37). The summed E-state index contributed by atoms with van der Waals surface area (Å²) in [5.41, 5.74) is 5.65. The molecule has 0 unspecified atom stereocenters. The Bertz CT molecular complexity index is 1620. The molecule has 37 heavy (non-hydrogen) atoms. The Labute approximate surface area is 214 Å². The van der Waals surface area contributed by atoms with Crippen LogP contribution in [-0.4, -0.2) is 30.8 Å². The van der Waals surface area contributed by atoms with Crippen LogP contribution >= 0.6 is 0 Å². The SMILES string of the molecule is CC(C)c1nc2c(CCc3ccccc3)n[nH]c(=O)c2n1Cc1ccc(-c2ccccc2C(=O)O)cc1. The fourth-order valence-corrected chi connectivity index (χ4v) is 4.70. The van der Waals surface area contributed by atoms with Gasteiger partial charge in [-0.25, -0.2) is 14.9 Å². The van der Waals surface area contributed by atoms with Gasteiger partial charge in [-0.1, -0.05) is 86.6 Å². The highest BCUT2D eigenvalue weighted by atomic mass is 16.4. The maximum atomic E-state index is 13.0. The largest absolute Gasteiger partial charge is 0.478 e. The maximum absolute atomic E-state index is 13.0. The maximum Gasteiger partial charge on any atom is 0.336 e. The summed E-state index contributed by atoms with van der Waals surface area (Å²) in [6.07, 6.45) is 1.47. The molecule has 3 aromatic carbocycles. The monoisotopic (exact) mass is 492 g/mol. The number of carbonyl (C=O) groups is 1. The number of hydrogen-bond donors (Lipinski definition) is 2. The van der Waals surface area contributed by atoms with Gasteiger partial charge in [-0.15, -0.1) is 0 Å². The van der Waals surface area contributed by atoms with Crippen molar-refractivity contribution in [2.24, 2.45) is 0 Å². The van der Waals surface area contributed by atoms with E-state index < -0.39 is 5.97 Å². The van der Waals surface area contributed by atoms with Gasteiger partial charge in [0.1, 0.15) is 16.9 Å². The number of aromatic carboxylic acids is 1. The summed E-state index contributed by atoms with van der Waals surface area (Å²) in [4.78, 5) is 29.5. The molecule has 0 amide bonds. The van der Waals surface area contributed by atoms with Gasteiger partial charge in [0.25, 0.3) is 5.56 Å². The summed E-state index contributed by atoms with van der Waals surface area (Å²) in [5.74, 6) is -0.0210. The van der Waals surface area contributed by atoms with Crippen molar-refractivity contribution in [2.45, 2.75) is 39.2 Å². The Morgan fingerprint density at radius 1 is 0.919 bits per heavy atom. The van der Waals surface area contributed by atoms with E-state index in [1.54, 1.807) is 12.1 Å². The molecule has 0 fully saturated rings. The van der Waals surface area contributed by atoms with Gasteiger partial charge >= 0.3 is 5.97 Å². The van der Waals surface area contributed by atoms with Gasteiger partial charge in [0.2, 0.25) is 0 Å². The second-order valence-electron chi connectivity index (χ2n) is 9.44. The molecule has 0 saturated carbocycles. The predicted octanol–water partition coefficient (Wildman–Crippen LogP) is 5.44. The Kier molecular flexibility index (Phi) is 6.68. The number of nitrogens with zero attached hydrogens (tertiary/aromatic N) is 3. The highest BCUT2D eigenvalue weighted by Gasteiger charge is 2.20. The Balaban J connectivity index is 1.50. The van der Waals surface area contributed by atoms with E-state index >= 15 is 0 Å². The van der Waals surface area contributed by atoms with Gasteiger partial charge in [0, 0.05) is 12.5 Å². The average molecular weight is 493 g/mol. The van der Waals surface area contributed by atoms with Crippen LogP contribution in [0, 0.1) is 0 Å². The average Bonchev–Trinajstić information content (AvgIpc) is 3.30. The van der Waals surface area contributed by atoms with Gasteiger partial charge in [0.15, 0.2) is 0 Å². The van der Waals surface area contributed by atoms with E-state index in [2.05, 4.69) is 36.2 Å². The summed E-state index contributed by atoms with van der Waals surface area (Å²) in [7, 11) is 0. The Hall–Kier alpha value is -4.52. The second kappa shape index (κ2) is 10.2. The molecule has 0 aliphatic heterocycles. The summed E-state index contributed by atoms with van der Waals surface area (Å²) in [5, 5.41) is 16.6. The number of rotatable bonds is 8. The minimum atomic E-state index is -0.956. The zero-order valence-corrected chi connectivity index (χ0v) is 20.8. The van der Waals surface area contributed by atoms with Crippen LogP contribution in [0.15, 0.2) is 83.7 Å². The van der Waals surface area contributed by atoms with Crippen LogP contribution in [0.5, 0.6) is 0 Å². The zero-order valence-electron chi connectivity index (χ0n) is 20.8. The number of benzene rings is 3. The normalized spacial score (nSPS) is 11.3. The first kappa shape index (κ1) is 24.2. The molecule has 2 N–H and O–H groups in total. The number of hydrogen-bond acceptors (Lipinski definition) is 4. The molecule has 0 bridgehead atoms. The topological polar surface area (TPSA) is 101 Å². The first-order valence-corrected chi connectivity index (χ1v) is 12.4. The number of aryl methyl sites for hydroxylation is 2. The van der Waals surface area contributed by atoms with Gasteiger partial charge in [-0.05, 0) is 41.2 Å². The van der Waals surface area contributed by atoms with Crippen LogP contribution in [0.25, 0.3) is 22.2 Å². The van der Waals surface area contributed by atoms with Crippen molar-refractivity contribution in [3.8, 4) is 11.1 Å². The molecule has 0 aliphatic carbocycles. The van der Waals surface area contributed by atoms with Crippen LogP contribution in [0.1, 0.15) is 52.8 Å². The zero-order chi connectivity index (χ0) is 25.9. The molecule has 2 heterocycles. The smallest absolute Gasteiger partial charge is 0.336 e. The number of fused-ring (bicyclic) bond motifs is 1. The van der Waals surface area contributed by atoms with Crippen LogP contribution in [0.2, 0.25) is 0 Å². The lowest BCUT2D eigenvalue weighted by molar-refractivity contribution is 0.0697. The number of H-pyrrole nitrogens is 1. The third-order valence-corrected chi connectivity index (χ3v) is 6.55. The van der Waals surface area contributed by atoms with Crippen LogP contribution < -0.4 is 5.56 Å². The van der Waals surface area contributed by atoms with Gasteiger partial charge in [-0.3, -0.25) is 4.79 Å². The number of nitrogens with one attached hydrogen (secondary N) is 1. The quantitative estimate of drug-likeness (QED) is 0.300. The molecule has 0 aliphatic rings. The van der Waals surface area contributed by atoms with Crippen molar-refractivity contribution in [1.82, 2.24) is 19.7 Å². The molecule has 186 valence electrons. The molecular weight excluding hydrogens is 464 g/mol. The lowest BCUT2D eigenvalue weighted by atomic mass is 9.98. The van der Waals surface area contributed by atoms with E-state index in [1.165, 1.54) is 5.56 Å². The summed E-state index contributed by atoms with van der Waals surface area (Å²) in [6.45, 7) is 4.60. The van der Waals surface area contributed by atoms with E-state index in [4.69, 9.17) is 4.98 Å². The number of carboxylic acids is 1. The lowest BCUT2D eigenvalue weighted by Crippen LogP contribution is -2.16. The molecular formula is C30H28N4O3. The highest BCUT2D eigenvalue weighted by Crippen LogP contribution is 2.26. The predicted molar refractivity (Wildman–Crippen MR) is 144 cm³/mol. The summed E-state index contributed by atoms with van der Waals surface area (Å²) < 4.78 is 1.98. The van der Waals surface area contributed by atoms with Crippen LogP contribution in [0.3, 0.4) is 0 Å². The number of aromatic nitrogens is 4. The molecule has 0 radical (unpaired) electrons. The minimum absolute atomic E-state index is 0.107. The first-order valence-electron chi connectivity index (χ1n) is 12.4. The molecule has 5 rings (SSSR count). The minimum Gasteiger partial charge on any atom is -0.478 e. The lowest BCUT2D eigenvalue weighted by Gasteiger charge is -2.12. The van der Waals surface area contributed by atoms with E-state index in [1.807, 2.05) is 59.2 Å². The van der Waals surface area contributed by atoms with Crippen molar-refractivity contribution >= 4 is 17.0 Å². The molecule has 7 heteroatoms. The van der Waals surface area contributed by atoms with Gasteiger partial charge in [-0.2, -0.15) is 5.10 Å². The van der Waals surface area contributed by atoms with E-state index in [-0.39, 0.29) is 17.0 Å². The van der Waals surface area contributed by atoms with Crippen molar-refractivity contribution in [3.63, 3.8) is 0 Å². The molecule has 0 spiro atoms. The van der Waals surface area contributed by atoms with Crippen molar-refractivity contribution < 1.29 is 9.90 Å². The fourth-order valence-electron chi connectivity index (χ4n) is 4.70. The van der Waals surface area contributed by atoms with E-state index in [9.17, 15) is 14.7 Å². The summed E-state index contributed by atoms with van der Waals surface area (Å²) >= 11 is 0. The molecule has 0 atom stereocenters. The third-order valence-electron chi connectivity index (χ3n) is 6.55.